The summed E-state index contributed by atoms with van der Waals surface area (Å²) in [5, 5.41) is 5.65. The second kappa shape index (κ2) is 6.91. The lowest BCUT2D eigenvalue weighted by Gasteiger charge is -2.10. The molecule has 1 rings (SSSR count). The number of carbonyl (C=O) groups excluding carboxylic acids is 1. The SMILES string of the molecule is CCCOc1ccc(NC(=O)CNC)c(C)c1. The maximum Gasteiger partial charge on any atom is 0.238 e. The summed E-state index contributed by atoms with van der Waals surface area (Å²) >= 11 is 0. The highest BCUT2D eigenvalue weighted by atomic mass is 16.5. The van der Waals surface area contributed by atoms with E-state index in [1.165, 1.54) is 0 Å². The smallest absolute Gasteiger partial charge is 0.238 e. The monoisotopic (exact) mass is 236 g/mol. The summed E-state index contributed by atoms with van der Waals surface area (Å²) in [5.41, 5.74) is 1.83. The Morgan fingerprint density at radius 3 is 2.76 bits per heavy atom. The zero-order valence-electron chi connectivity index (χ0n) is 10.7. The number of hydrogen-bond acceptors (Lipinski definition) is 3. The highest BCUT2D eigenvalue weighted by Crippen LogP contribution is 2.21. The van der Waals surface area contributed by atoms with Gasteiger partial charge in [-0.25, -0.2) is 0 Å². The topological polar surface area (TPSA) is 50.4 Å². The summed E-state index contributed by atoms with van der Waals surface area (Å²) in [4.78, 5) is 11.4. The van der Waals surface area contributed by atoms with Crippen molar-refractivity contribution in [1.29, 1.82) is 0 Å². The lowest BCUT2D eigenvalue weighted by atomic mass is 10.2. The second-order valence-corrected chi connectivity index (χ2v) is 3.90. The van der Waals surface area contributed by atoms with E-state index in [0.717, 1.165) is 23.4 Å². The number of benzene rings is 1. The van der Waals surface area contributed by atoms with Crippen LogP contribution in [0.2, 0.25) is 0 Å². The lowest BCUT2D eigenvalue weighted by molar-refractivity contribution is -0.115. The van der Waals surface area contributed by atoms with Gasteiger partial charge in [0.15, 0.2) is 0 Å². The van der Waals surface area contributed by atoms with Gasteiger partial charge in [0.1, 0.15) is 5.75 Å². The number of anilines is 1. The molecule has 0 heterocycles. The highest BCUT2D eigenvalue weighted by molar-refractivity contribution is 5.93. The molecule has 0 saturated carbocycles. The van der Waals surface area contributed by atoms with E-state index in [1.54, 1.807) is 7.05 Å². The molecular weight excluding hydrogens is 216 g/mol. The normalized spacial score (nSPS) is 10.1. The molecule has 0 saturated heterocycles. The van der Waals surface area contributed by atoms with Crippen LogP contribution in [0.5, 0.6) is 5.75 Å². The van der Waals surface area contributed by atoms with Crippen molar-refractivity contribution in [2.24, 2.45) is 0 Å². The fourth-order valence-electron chi connectivity index (χ4n) is 1.44. The van der Waals surface area contributed by atoms with Crippen LogP contribution in [-0.2, 0) is 4.79 Å². The average molecular weight is 236 g/mol. The summed E-state index contributed by atoms with van der Waals surface area (Å²) in [5.74, 6) is 0.800. The van der Waals surface area contributed by atoms with Crippen LogP contribution in [0.25, 0.3) is 0 Å². The van der Waals surface area contributed by atoms with Crippen molar-refractivity contribution in [3.05, 3.63) is 23.8 Å². The van der Waals surface area contributed by atoms with Crippen molar-refractivity contribution < 1.29 is 9.53 Å². The molecule has 1 amide bonds. The van der Waals surface area contributed by atoms with Gasteiger partial charge in [-0.2, -0.15) is 0 Å². The number of likely N-dealkylation sites (N-methyl/N-ethyl adjacent to an activating group) is 1. The highest BCUT2D eigenvalue weighted by Gasteiger charge is 2.04. The minimum absolute atomic E-state index is 0.0437. The average Bonchev–Trinajstić information content (AvgIpc) is 2.30. The molecule has 17 heavy (non-hydrogen) atoms. The Bertz CT molecular complexity index is 378. The zero-order valence-corrected chi connectivity index (χ0v) is 10.7. The van der Waals surface area contributed by atoms with E-state index in [9.17, 15) is 4.79 Å². The Labute approximate surface area is 102 Å². The first-order valence-electron chi connectivity index (χ1n) is 5.85. The van der Waals surface area contributed by atoms with Crippen molar-refractivity contribution in [2.45, 2.75) is 20.3 Å². The van der Waals surface area contributed by atoms with Crippen molar-refractivity contribution in [3.63, 3.8) is 0 Å². The molecule has 0 aliphatic rings. The van der Waals surface area contributed by atoms with E-state index < -0.39 is 0 Å². The van der Waals surface area contributed by atoms with Crippen molar-refractivity contribution >= 4 is 11.6 Å². The first kappa shape index (κ1) is 13.5. The third-order valence-corrected chi connectivity index (χ3v) is 2.28. The number of ether oxygens (including phenoxy) is 1. The lowest BCUT2D eigenvalue weighted by Crippen LogP contribution is -2.25. The molecule has 1 aromatic rings. The van der Waals surface area contributed by atoms with Gasteiger partial charge in [0.25, 0.3) is 0 Å². The van der Waals surface area contributed by atoms with E-state index in [4.69, 9.17) is 4.74 Å². The van der Waals surface area contributed by atoms with Gasteiger partial charge in [-0.05, 0) is 44.2 Å². The molecule has 0 unspecified atom stereocenters. The summed E-state index contributed by atoms with van der Waals surface area (Å²) < 4.78 is 5.52. The molecule has 0 aliphatic heterocycles. The van der Waals surface area contributed by atoms with Crippen molar-refractivity contribution in [2.75, 3.05) is 25.5 Å². The largest absolute Gasteiger partial charge is 0.494 e. The Balaban J connectivity index is 2.65. The Morgan fingerprint density at radius 1 is 1.41 bits per heavy atom. The molecule has 0 radical (unpaired) electrons. The van der Waals surface area contributed by atoms with E-state index in [-0.39, 0.29) is 5.91 Å². The van der Waals surface area contributed by atoms with Gasteiger partial charge in [-0.1, -0.05) is 6.92 Å². The first-order valence-corrected chi connectivity index (χ1v) is 5.85. The van der Waals surface area contributed by atoms with Crippen molar-refractivity contribution in [3.8, 4) is 5.75 Å². The molecule has 0 spiro atoms. The zero-order chi connectivity index (χ0) is 12.7. The number of nitrogens with one attached hydrogen (secondary N) is 2. The van der Waals surface area contributed by atoms with Crippen LogP contribution in [0, 0.1) is 6.92 Å². The van der Waals surface area contributed by atoms with Crippen LogP contribution in [0.15, 0.2) is 18.2 Å². The minimum Gasteiger partial charge on any atom is -0.494 e. The van der Waals surface area contributed by atoms with Gasteiger partial charge in [0, 0.05) is 5.69 Å². The predicted molar refractivity (Wildman–Crippen MR) is 69.5 cm³/mol. The maximum atomic E-state index is 11.4. The third kappa shape index (κ3) is 4.44. The second-order valence-electron chi connectivity index (χ2n) is 3.90. The first-order chi connectivity index (χ1) is 8.17. The molecule has 4 nitrogen and oxygen atoms in total. The number of aryl methyl sites for hydroxylation is 1. The number of amides is 1. The van der Waals surface area contributed by atoms with Crippen LogP contribution in [0.1, 0.15) is 18.9 Å². The summed E-state index contributed by atoms with van der Waals surface area (Å²) in [6, 6.07) is 5.68. The molecule has 4 heteroatoms. The minimum atomic E-state index is -0.0437. The van der Waals surface area contributed by atoms with Crippen LogP contribution in [0.3, 0.4) is 0 Å². The standard InChI is InChI=1S/C13H20N2O2/c1-4-7-17-11-5-6-12(10(2)8-11)15-13(16)9-14-3/h5-6,8,14H,4,7,9H2,1-3H3,(H,15,16). The molecule has 0 fully saturated rings. The summed E-state index contributed by atoms with van der Waals surface area (Å²) in [6.45, 7) is 5.05. The number of rotatable bonds is 6. The molecule has 0 bridgehead atoms. The van der Waals surface area contributed by atoms with Gasteiger partial charge in [-0.3, -0.25) is 4.79 Å². The van der Waals surface area contributed by atoms with Crippen molar-refractivity contribution in [1.82, 2.24) is 5.32 Å². The molecule has 0 aliphatic carbocycles. The third-order valence-electron chi connectivity index (χ3n) is 2.28. The molecule has 94 valence electrons. The molecule has 0 aromatic heterocycles. The van der Waals surface area contributed by atoms with Crippen LogP contribution in [0.4, 0.5) is 5.69 Å². The van der Waals surface area contributed by atoms with Crippen LogP contribution < -0.4 is 15.4 Å². The predicted octanol–water partition coefficient (Wildman–Crippen LogP) is 1.94. The van der Waals surface area contributed by atoms with E-state index in [0.29, 0.717) is 13.2 Å². The van der Waals surface area contributed by atoms with Gasteiger partial charge in [0.05, 0.1) is 13.2 Å². The van der Waals surface area contributed by atoms with E-state index in [1.807, 2.05) is 25.1 Å². The fraction of sp³-hybridized carbons (Fsp3) is 0.462. The summed E-state index contributed by atoms with van der Waals surface area (Å²) in [7, 11) is 1.74. The number of hydrogen-bond donors (Lipinski definition) is 2. The van der Waals surface area contributed by atoms with E-state index in [2.05, 4.69) is 17.6 Å². The van der Waals surface area contributed by atoms with Gasteiger partial charge >= 0.3 is 0 Å². The van der Waals surface area contributed by atoms with Gasteiger partial charge in [0.2, 0.25) is 5.91 Å². The van der Waals surface area contributed by atoms with Crippen LogP contribution in [-0.4, -0.2) is 26.1 Å². The van der Waals surface area contributed by atoms with E-state index >= 15 is 0 Å². The quantitative estimate of drug-likeness (QED) is 0.793. The number of carbonyl (C=O) groups is 1. The molecular formula is C13H20N2O2. The fourth-order valence-corrected chi connectivity index (χ4v) is 1.44. The summed E-state index contributed by atoms with van der Waals surface area (Å²) in [6.07, 6.45) is 0.986. The molecule has 1 aromatic carbocycles. The van der Waals surface area contributed by atoms with Crippen LogP contribution >= 0.6 is 0 Å². The van der Waals surface area contributed by atoms with Gasteiger partial charge < -0.3 is 15.4 Å². The van der Waals surface area contributed by atoms with Gasteiger partial charge in [-0.15, -0.1) is 0 Å². The Morgan fingerprint density at radius 2 is 2.18 bits per heavy atom. The Hall–Kier alpha value is -1.55. The molecule has 2 N–H and O–H groups in total. The molecule has 0 atom stereocenters. The Kier molecular flexibility index (Phi) is 5.49. The maximum absolute atomic E-state index is 11.4.